The molecular weight excluding hydrogens is 340 g/mol. The first-order valence-electron chi connectivity index (χ1n) is 10.2. The molecule has 3 rings (SSSR count). The average molecular weight is 375 g/mol. The van der Waals surface area contributed by atoms with Gasteiger partial charge in [-0.15, -0.1) is 23.5 Å². The summed E-state index contributed by atoms with van der Waals surface area (Å²) in [5.41, 5.74) is 2.92. The molecule has 1 aliphatic heterocycles. The summed E-state index contributed by atoms with van der Waals surface area (Å²) in [5, 5.41) is 0.778. The zero-order valence-corrected chi connectivity index (χ0v) is 17.8. The van der Waals surface area contributed by atoms with Gasteiger partial charge in [-0.25, -0.2) is 0 Å². The highest BCUT2D eigenvalue weighted by molar-refractivity contribution is 8.21. The van der Waals surface area contributed by atoms with E-state index in [4.69, 9.17) is 0 Å². The molecule has 0 amide bonds. The average Bonchev–Trinajstić information content (AvgIpc) is 3.03. The van der Waals surface area contributed by atoms with E-state index >= 15 is 0 Å². The molecule has 1 heterocycles. The van der Waals surface area contributed by atoms with E-state index in [0.29, 0.717) is 4.08 Å². The summed E-state index contributed by atoms with van der Waals surface area (Å²) in [7, 11) is 0. The minimum absolute atomic E-state index is 0.301. The van der Waals surface area contributed by atoms with Crippen LogP contribution in [0.1, 0.15) is 82.8 Å². The van der Waals surface area contributed by atoms with Gasteiger partial charge < -0.3 is 0 Å². The smallest absolute Gasteiger partial charge is 0.0795 e. The van der Waals surface area contributed by atoms with Crippen molar-refractivity contribution in [1.29, 1.82) is 0 Å². The second kappa shape index (κ2) is 9.04. The first kappa shape index (κ1) is 19.4. The standard InChI is InChI=1S/C23H34S2/c1-4-6-19-7-11-21(12-8-19)22-13-9-20(10-14-22)15-16-23(5-2)24-17-18(3)25-23/h9-10,13-16,18-19,21H,4-8,11-12,17H2,1-3H3. The highest BCUT2D eigenvalue weighted by Gasteiger charge is 2.35. The Morgan fingerprint density at radius 2 is 1.80 bits per heavy atom. The Kier molecular flexibility index (Phi) is 7.02. The zero-order valence-electron chi connectivity index (χ0n) is 16.2. The first-order chi connectivity index (χ1) is 12.1. The molecule has 2 heteroatoms. The molecule has 1 aliphatic carbocycles. The van der Waals surface area contributed by atoms with E-state index in [-0.39, 0.29) is 0 Å². The Bertz CT molecular complexity index is 554. The molecule has 0 spiro atoms. The van der Waals surface area contributed by atoms with E-state index in [1.807, 2.05) is 0 Å². The van der Waals surface area contributed by atoms with Crippen molar-refractivity contribution < 1.29 is 0 Å². The van der Waals surface area contributed by atoms with Crippen LogP contribution in [0.2, 0.25) is 0 Å². The topological polar surface area (TPSA) is 0 Å². The maximum absolute atomic E-state index is 2.46. The lowest BCUT2D eigenvalue weighted by Crippen LogP contribution is -2.13. The van der Waals surface area contributed by atoms with E-state index in [0.717, 1.165) is 17.1 Å². The van der Waals surface area contributed by atoms with Crippen molar-refractivity contribution in [2.75, 3.05) is 5.75 Å². The molecule has 25 heavy (non-hydrogen) atoms. The summed E-state index contributed by atoms with van der Waals surface area (Å²) in [5.74, 6) is 3.08. The van der Waals surface area contributed by atoms with Crippen molar-refractivity contribution in [3.63, 3.8) is 0 Å². The van der Waals surface area contributed by atoms with Crippen molar-refractivity contribution in [1.82, 2.24) is 0 Å². The monoisotopic (exact) mass is 374 g/mol. The number of hydrogen-bond acceptors (Lipinski definition) is 2. The third kappa shape index (κ3) is 5.10. The van der Waals surface area contributed by atoms with Gasteiger partial charge in [0.1, 0.15) is 0 Å². The molecule has 2 fully saturated rings. The summed E-state index contributed by atoms with van der Waals surface area (Å²) in [6.07, 6.45) is 14.5. The van der Waals surface area contributed by atoms with E-state index in [2.05, 4.69) is 80.7 Å². The van der Waals surface area contributed by atoms with Gasteiger partial charge >= 0.3 is 0 Å². The lowest BCUT2D eigenvalue weighted by molar-refractivity contribution is 0.308. The van der Waals surface area contributed by atoms with E-state index in [1.54, 1.807) is 5.56 Å². The third-order valence-electron chi connectivity index (χ3n) is 5.94. The van der Waals surface area contributed by atoms with Crippen LogP contribution in [0.25, 0.3) is 6.08 Å². The van der Waals surface area contributed by atoms with Gasteiger partial charge in [0.15, 0.2) is 0 Å². The van der Waals surface area contributed by atoms with Crippen LogP contribution in [0.3, 0.4) is 0 Å². The molecule has 0 N–H and O–H groups in total. The van der Waals surface area contributed by atoms with Crippen molar-refractivity contribution in [3.05, 3.63) is 41.5 Å². The van der Waals surface area contributed by atoms with Crippen LogP contribution in [-0.2, 0) is 0 Å². The van der Waals surface area contributed by atoms with Gasteiger partial charge in [-0.2, -0.15) is 0 Å². The molecule has 2 unspecified atom stereocenters. The third-order valence-corrected chi connectivity index (χ3v) is 9.76. The molecule has 0 bridgehead atoms. The molecule has 0 aromatic heterocycles. The lowest BCUT2D eigenvalue weighted by atomic mass is 9.77. The fourth-order valence-electron chi connectivity index (χ4n) is 4.35. The van der Waals surface area contributed by atoms with Crippen molar-refractivity contribution in [2.24, 2.45) is 5.92 Å². The Hall–Kier alpha value is -0.340. The molecular formula is C23H34S2. The minimum atomic E-state index is 0.301. The SMILES string of the molecule is CCCC1CCC(c2ccc(C=CC3(CC)SCC(C)S3)cc2)CC1. The van der Waals surface area contributed by atoms with Gasteiger partial charge in [0.2, 0.25) is 0 Å². The number of thioether (sulfide) groups is 2. The van der Waals surface area contributed by atoms with Crippen LogP contribution < -0.4 is 0 Å². The fourth-order valence-corrected chi connectivity index (χ4v) is 7.68. The Labute approximate surface area is 163 Å². The molecule has 1 saturated carbocycles. The number of rotatable bonds is 6. The van der Waals surface area contributed by atoms with Crippen LogP contribution in [-0.4, -0.2) is 15.1 Å². The summed E-state index contributed by atoms with van der Waals surface area (Å²) in [6.45, 7) is 7.00. The van der Waals surface area contributed by atoms with Gasteiger partial charge in [-0.05, 0) is 55.1 Å². The summed E-state index contributed by atoms with van der Waals surface area (Å²) in [4.78, 5) is 0. The Morgan fingerprint density at radius 1 is 1.08 bits per heavy atom. The van der Waals surface area contributed by atoms with Gasteiger partial charge in [0, 0.05) is 11.0 Å². The second-order valence-electron chi connectivity index (χ2n) is 7.91. The zero-order chi connectivity index (χ0) is 17.7. The molecule has 1 aromatic carbocycles. The van der Waals surface area contributed by atoms with Gasteiger partial charge in [0.25, 0.3) is 0 Å². The molecule has 1 aromatic rings. The van der Waals surface area contributed by atoms with Crippen LogP contribution >= 0.6 is 23.5 Å². The second-order valence-corrected chi connectivity index (χ2v) is 11.3. The highest BCUT2D eigenvalue weighted by Crippen LogP contribution is 2.51. The summed E-state index contributed by atoms with van der Waals surface area (Å²) in [6, 6.07) is 9.45. The minimum Gasteiger partial charge on any atom is -0.139 e. The molecule has 0 radical (unpaired) electrons. The van der Waals surface area contributed by atoms with E-state index in [9.17, 15) is 0 Å². The Morgan fingerprint density at radius 3 is 2.36 bits per heavy atom. The molecule has 2 atom stereocenters. The maximum atomic E-state index is 2.46. The molecule has 138 valence electrons. The van der Waals surface area contributed by atoms with Crippen molar-refractivity contribution in [3.8, 4) is 0 Å². The number of benzene rings is 1. The van der Waals surface area contributed by atoms with Crippen molar-refractivity contribution >= 4 is 29.6 Å². The summed E-state index contributed by atoms with van der Waals surface area (Å²) < 4.78 is 0.301. The molecule has 1 saturated heterocycles. The predicted octanol–water partition coefficient (Wildman–Crippen LogP) is 7.75. The van der Waals surface area contributed by atoms with Crippen LogP contribution in [0.15, 0.2) is 30.3 Å². The first-order valence-corrected chi connectivity index (χ1v) is 12.1. The quantitative estimate of drug-likeness (QED) is 0.499. The Balaban J connectivity index is 1.58. The van der Waals surface area contributed by atoms with Gasteiger partial charge in [-0.3, -0.25) is 0 Å². The molecule has 2 aliphatic rings. The predicted molar refractivity (Wildman–Crippen MR) is 118 cm³/mol. The fraction of sp³-hybridized carbons (Fsp3) is 0.652. The number of hydrogen-bond donors (Lipinski definition) is 0. The van der Waals surface area contributed by atoms with Crippen LogP contribution in [0.4, 0.5) is 0 Å². The van der Waals surface area contributed by atoms with Crippen LogP contribution in [0.5, 0.6) is 0 Å². The van der Waals surface area contributed by atoms with Crippen molar-refractivity contribution in [2.45, 2.75) is 81.0 Å². The van der Waals surface area contributed by atoms with Gasteiger partial charge in [0.05, 0.1) is 4.08 Å². The van der Waals surface area contributed by atoms with Crippen LogP contribution in [0, 0.1) is 5.92 Å². The lowest BCUT2D eigenvalue weighted by Gasteiger charge is -2.28. The van der Waals surface area contributed by atoms with Gasteiger partial charge in [-0.1, -0.05) is 70.0 Å². The van der Waals surface area contributed by atoms with E-state index < -0.39 is 0 Å². The largest absolute Gasteiger partial charge is 0.139 e. The highest BCUT2D eigenvalue weighted by atomic mass is 32.2. The molecule has 0 nitrogen and oxygen atoms in total. The normalized spacial score (nSPS) is 33.2. The summed E-state index contributed by atoms with van der Waals surface area (Å²) >= 11 is 4.26. The maximum Gasteiger partial charge on any atom is 0.0795 e. The van der Waals surface area contributed by atoms with E-state index in [1.165, 1.54) is 56.3 Å².